The van der Waals surface area contributed by atoms with Gasteiger partial charge in [-0.15, -0.1) is 0 Å². The number of nitrogens with zero attached hydrogens (tertiary/aromatic N) is 3. The van der Waals surface area contributed by atoms with Crippen LogP contribution >= 0.6 is 15.9 Å². The standard InChI is InChI=1S/C12H15BrN4/c1-2-5-14-6-10-7-16-17(9-10)12-4-3-11(13)8-15-12/h3-4,7-9,14H,2,5-6H2,1H3. The Bertz CT molecular complexity index is 464. The third-order valence-electron chi connectivity index (χ3n) is 2.34. The largest absolute Gasteiger partial charge is 0.313 e. The number of pyridine rings is 1. The highest BCUT2D eigenvalue weighted by Gasteiger charge is 2.01. The zero-order chi connectivity index (χ0) is 12.1. The molecule has 17 heavy (non-hydrogen) atoms. The summed E-state index contributed by atoms with van der Waals surface area (Å²) in [5.74, 6) is 0.829. The minimum Gasteiger partial charge on any atom is -0.313 e. The van der Waals surface area contributed by atoms with E-state index < -0.39 is 0 Å². The van der Waals surface area contributed by atoms with Crippen molar-refractivity contribution < 1.29 is 0 Å². The molecule has 0 amide bonds. The first-order chi connectivity index (χ1) is 8.29. The molecule has 2 aromatic heterocycles. The smallest absolute Gasteiger partial charge is 0.153 e. The summed E-state index contributed by atoms with van der Waals surface area (Å²) >= 11 is 3.36. The lowest BCUT2D eigenvalue weighted by atomic mass is 10.3. The van der Waals surface area contributed by atoms with Crippen molar-refractivity contribution in [3.05, 3.63) is 40.8 Å². The molecule has 0 fully saturated rings. The van der Waals surface area contributed by atoms with Gasteiger partial charge in [0.25, 0.3) is 0 Å². The number of aromatic nitrogens is 3. The molecule has 0 bridgehead atoms. The molecule has 0 aliphatic rings. The van der Waals surface area contributed by atoms with Crippen LogP contribution in [0.3, 0.4) is 0 Å². The highest BCUT2D eigenvalue weighted by Crippen LogP contribution is 2.10. The molecular weight excluding hydrogens is 280 g/mol. The Kier molecular flexibility index (Phi) is 4.28. The molecule has 0 aliphatic heterocycles. The normalized spacial score (nSPS) is 10.7. The van der Waals surface area contributed by atoms with Crippen LogP contribution in [0.25, 0.3) is 5.82 Å². The van der Waals surface area contributed by atoms with E-state index in [0.717, 1.165) is 29.8 Å². The van der Waals surface area contributed by atoms with E-state index in [2.05, 4.69) is 38.3 Å². The van der Waals surface area contributed by atoms with Crippen LogP contribution in [0.2, 0.25) is 0 Å². The summed E-state index contributed by atoms with van der Waals surface area (Å²) in [4.78, 5) is 4.29. The molecule has 4 nitrogen and oxygen atoms in total. The third-order valence-corrected chi connectivity index (χ3v) is 2.81. The Morgan fingerprint density at radius 2 is 2.24 bits per heavy atom. The van der Waals surface area contributed by atoms with Crippen molar-refractivity contribution >= 4 is 15.9 Å². The van der Waals surface area contributed by atoms with Crippen LogP contribution in [-0.2, 0) is 6.54 Å². The summed E-state index contributed by atoms with van der Waals surface area (Å²) in [6.07, 6.45) is 6.78. The second kappa shape index (κ2) is 5.93. The number of rotatable bonds is 5. The molecule has 0 saturated heterocycles. The van der Waals surface area contributed by atoms with Gasteiger partial charge in [-0.2, -0.15) is 5.10 Å². The Morgan fingerprint density at radius 3 is 2.94 bits per heavy atom. The molecule has 2 heterocycles. The monoisotopic (exact) mass is 294 g/mol. The van der Waals surface area contributed by atoms with Crippen molar-refractivity contribution in [2.45, 2.75) is 19.9 Å². The van der Waals surface area contributed by atoms with Gasteiger partial charge in [-0.1, -0.05) is 6.92 Å². The molecule has 0 unspecified atom stereocenters. The number of nitrogens with one attached hydrogen (secondary N) is 1. The van der Waals surface area contributed by atoms with Crippen molar-refractivity contribution in [1.82, 2.24) is 20.1 Å². The van der Waals surface area contributed by atoms with Gasteiger partial charge in [0, 0.05) is 29.0 Å². The van der Waals surface area contributed by atoms with Gasteiger partial charge in [0.15, 0.2) is 5.82 Å². The molecule has 0 aliphatic carbocycles. The summed E-state index contributed by atoms with van der Waals surface area (Å²) in [5.41, 5.74) is 1.17. The maximum atomic E-state index is 4.29. The van der Waals surface area contributed by atoms with Crippen LogP contribution in [0.15, 0.2) is 35.2 Å². The average molecular weight is 295 g/mol. The summed E-state index contributed by atoms with van der Waals surface area (Å²) in [7, 11) is 0. The Balaban J connectivity index is 2.04. The van der Waals surface area contributed by atoms with Gasteiger partial charge in [-0.3, -0.25) is 0 Å². The number of hydrogen-bond donors (Lipinski definition) is 1. The zero-order valence-electron chi connectivity index (χ0n) is 9.73. The van der Waals surface area contributed by atoms with E-state index in [-0.39, 0.29) is 0 Å². The molecular formula is C12H15BrN4. The van der Waals surface area contributed by atoms with Gasteiger partial charge < -0.3 is 5.32 Å². The van der Waals surface area contributed by atoms with Gasteiger partial charge in [0.1, 0.15) is 0 Å². The summed E-state index contributed by atoms with van der Waals surface area (Å²) < 4.78 is 2.76. The predicted octanol–water partition coefficient (Wildman–Crippen LogP) is 2.53. The SMILES string of the molecule is CCCNCc1cnn(-c2ccc(Br)cn2)c1. The molecule has 0 spiro atoms. The Morgan fingerprint density at radius 1 is 1.35 bits per heavy atom. The fraction of sp³-hybridized carbons (Fsp3) is 0.333. The molecule has 90 valence electrons. The predicted molar refractivity (Wildman–Crippen MR) is 71.1 cm³/mol. The van der Waals surface area contributed by atoms with Crippen LogP contribution in [-0.4, -0.2) is 21.3 Å². The lowest BCUT2D eigenvalue weighted by Crippen LogP contribution is -2.13. The number of halogens is 1. The third kappa shape index (κ3) is 3.38. The molecule has 0 atom stereocenters. The molecule has 0 saturated carbocycles. The Hall–Kier alpha value is -1.20. The maximum Gasteiger partial charge on any atom is 0.153 e. The lowest BCUT2D eigenvalue weighted by Gasteiger charge is -2.00. The quantitative estimate of drug-likeness (QED) is 0.862. The average Bonchev–Trinajstić information content (AvgIpc) is 2.79. The summed E-state index contributed by atoms with van der Waals surface area (Å²) in [6.45, 7) is 4.04. The van der Waals surface area contributed by atoms with Crippen LogP contribution in [0, 0.1) is 0 Å². The van der Waals surface area contributed by atoms with E-state index >= 15 is 0 Å². The van der Waals surface area contributed by atoms with Crippen LogP contribution < -0.4 is 5.32 Å². The van der Waals surface area contributed by atoms with Crippen molar-refractivity contribution in [2.24, 2.45) is 0 Å². The summed E-state index contributed by atoms with van der Waals surface area (Å²) in [6, 6.07) is 3.89. The van der Waals surface area contributed by atoms with E-state index in [9.17, 15) is 0 Å². The molecule has 0 radical (unpaired) electrons. The van der Waals surface area contributed by atoms with Gasteiger partial charge in [-0.25, -0.2) is 9.67 Å². The van der Waals surface area contributed by atoms with Crippen molar-refractivity contribution in [2.75, 3.05) is 6.54 Å². The molecule has 5 heteroatoms. The molecule has 1 N–H and O–H groups in total. The second-order valence-corrected chi connectivity index (χ2v) is 4.72. The second-order valence-electron chi connectivity index (χ2n) is 3.80. The van der Waals surface area contributed by atoms with E-state index in [4.69, 9.17) is 0 Å². The van der Waals surface area contributed by atoms with Crippen LogP contribution in [0.5, 0.6) is 0 Å². The molecule has 2 aromatic rings. The zero-order valence-corrected chi connectivity index (χ0v) is 11.3. The first-order valence-electron chi connectivity index (χ1n) is 5.66. The topological polar surface area (TPSA) is 42.7 Å². The fourth-order valence-corrected chi connectivity index (χ4v) is 1.72. The highest BCUT2D eigenvalue weighted by molar-refractivity contribution is 9.10. The van der Waals surface area contributed by atoms with E-state index in [1.807, 2.05) is 24.5 Å². The van der Waals surface area contributed by atoms with Gasteiger partial charge in [-0.05, 0) is 41.0 Å². The van der Waals surface area contributed by atoms with E-state index in [1.54, 1.807) is 10.9 Å². The van der Waals surface area contributed by atoms with Gasteiger partial charge in [0.05, 0.1) is 6.20 Å². The van der Waals surface area contributed by atoms with Crippen molar-refractivity contribution in [1.29, 1.82) is 0 Å². The van der Waals surface area contributed by atoms with Crippen molar-refractivity contribution in [3.63, 3.8) is 0 Å². The first kappa shape index (κ1) is 12.3. The fourth-order valence-electron chi connectivity index (χ4n) is 1.49. The summed E-state index contributed by atoms with van der Waals surface area (Å²) in [5, 5.41) is 7.64. The first-order valence-corrected chi connectivity index (χ1v) is 6.45. The minimum atomic E-state index is 0.829. The van der Waals surface area contributed by atoms with Gasteiger partial charge >= 0.3 is 0 Å². The highest BCUT2D eigenvalue weighted by atomic mass is 79.9. The number of hydrogen-bond acceptors (Lipinski definition) is 3. The van der Waals surface area contributed by atoms with E-state index in [1.165, 1.54) is 5.56 Å². The van der Waals surface area contributed by atoms with Gasteiger partial charge in [0.2, 0.25) is 0 Å². The van der Waals surface area contributed by atoms with Crippen molar-refractivity contribution in [3.8, 4) is 5.82 Å². The Labute approximate surface area is 109 Å². The molecule has 2 rings (SSSR count). The molecule has 0 aromatic carbocycles. The van der Waals surface area contributed by atoms with Crippen LogP contribution in [0.1, 0.15) is 18.9 Å². The van der Waals surface area contributed by atoms with E-state index in [0.29, 0.717) is 0 Å². The minimum absolute atomic E-state index is 0.829. The maximum absolute atomic E-state index is 4.29. The lowest BCUT2D eigenvalue weighted by molar-refractivity contribution is 0.675. The van der Waals surface area contributed by atoms with Crippen LogP contribution in [0.4, 0.5) is 0 Å².